The fourth-order valence-electron chi connectivity index (χ4n) is 3.32. The molecule has 0 aromatic heterocycles. The number of hydrogen-bond acceptors (Lipinski definition) is 1. The van der Waals surface area contributed by atoms with Gasteiger partial charge in [0.2, 0.25) is 0 Å². The monoisotopic (exact) mass is 300 g/mol. The number of halogens is 3. The largest absolute Gasteiger partial charge is 0.385 e. The molecule has 0 unspecified atom stereocenters. The highest BCUT2D eigenvalue weighted by atomic mass is 19.2. The SMILES string of the molecule is CCC(C)(C)C1CCC(O)(c2ccc(F)c(F)c2F)CC1. The molecule has 1 aromatic rings. The van der Waals surface area contributed by atoms with Crippen molar-refractivity contribution in [1.82, 2.24) is 0 Å². The van der Waals surface area contributed by atoms with Gasteiger partial charge in [0.1, 0.15) is 0 Å². The maximum Gasteiger partial charge on any atom is 0.194 e. The summed E-state index contributed by atoms with van der Waals surface area (Å²) >= 11 is 0. The molecule has 1 N–H and O–H groups in total. The van der Waals surface area contributed by atoms with E-state index < -0.39 is 23.1 Å². The van der Waals surface area contributed by atoms with Crippen LogP contribution in [-0.2, 0) is 5.60 Å². The normalized spacial score (nSPS) is 26.9. The highest BCUT2D eigenvalue weighted by molar-refractivity contribution is 5.27. The molecule has 0 heterocycles. The Hall–Kier alpha value is -1.03. The molecular formula is C17H23F3O. The first-order valence-corrected chi connectivity index (χ1v) is 7.57. The third-order valence-electron chi connectivity index (χ3n) is 5.37. The van der Waals surface area contributed by atoms with Crippen molar-refractivity contribution >= 4 is 0 Å². The predicted molar refractivity (Wildman–Crippen MR) is 76.2 cm³/mol. The van der Waals surface area contributed by atoms with Crippen LogP contribution in [0, 0.1) is 28.8 Å². The smallest absolute Gasteiger partial charge is 0.194 e. The van der Waals surface area contributed by atoms with Crippen LogP contribution >= 0.6 is 0 Å². The standard InChI is InChI=1S/C17H23F3O/c1-4-16(2,3)11-7-9-17(21,10-8-11)12-5-6-13(18)15(20)14(12)19/h5-6,11,21H,4,7-10H2,1-3H3. The molecule has 1 aliphatic rings. The van der Waals surface area contributed by atoms with E-state index in [1.54, 1.807) is 0 Å². The lowest BCUT2D eigenvalue weighted by Crippen LogP contribution is -2.37. The molecule has 1 saturated carbocycles. The van der Waals surface area contributed by atoms with E-state index in [0.717, 1.165) is 25.3 Å². The fraction of sp³-hybridized carbons (Fsp3) is 0.647. The van der Waals surface area contributed by atoms with Gasteiger partial charge >= 0.3 is 0 Å². The zero-order chi connectivity index (χ0) is 15.8. The topological polar surface area (TPSA) is 20.2 Å². The van der Waals surface area contributed by atoms with E-state index in [1.165, 1.54) is 6.07 Å². The van der Waals surface area contributed by atoms with Gasteiger partial charge in [-0.05, 0) is 43.1 Å². The summed E-state index contributed by atoms with van der Waals surface area (Å²) in [5, 5.41) is 10.7. The number of rotatable bonds is 3. The van der Waals surface area contributed by atoms with Gasteiger partial charge in [-0.25, -0.2) is 13.2 Å². The summed E-state index contributed by atoms with van der Waals surface area (Å²) in [5.41, 5.74) is -1.33. The van der Waals surface area contributed by atoms with Crippen LogP contribution in [0.4, 0.5) is 13.2 Å². The Labute approximate surface area is 124 Å². The summed E-state index contributed by atoms with van der Waals surface area (Å²) in [4.78, 5) is 0. The van der Waals surface area contributed by atoms with Crippen molar-refractivity contribution in [1.29, 1.82) is 0 Å². The van der Waals surface area contributed by atoms with E-state index in [2.05, 4.69) is 20.8 Å². The maximum absolute atomic E-state index is 13.9. The molecule has 1 aromatic carbocycles. The Morgan fingerprint density at radius 1 is 1.14 bits per heavy atom. The van der Waals surface area contributed by atoms with Gasteiger partial charge in [0.05, 0.1) is 5.60 Å². The number of aliphatic hydroxyl groups is 1. The molecule has 0 radical (unpaired) electrons. The molecule has 1 fully saturated rings. The zero-order valence-corrected chi connectivity index (χ0v) is 12.8. The lowest BCUT2D eigenvalue weighted by Gasteiger charge is -2.42. The Morgan fingerprint density at radius 2 is 1.71 bits per heavy atom. The third-order valence-corrected chi connectivity index (χ3v) is 5.37. The molecule has 0 atom stereocenters. The van der Waals surface area contributed by atoms with Crippen molar-refractivity contribution in [2.75, 3.05) is 0 Å². The van der Waals surface area contributed by atoms with Crippen LogP contribution in [0.3, 0.4) is 0 Å². The molecule has 0 amide bonds. The molecule has 0 bridgehead atoms. The van der Waals surface area contributed by atoms with Crippen LogP contribution in [0.2, 0.25) is 0 Å². The molecule has 2 rings (SSSR count). The zero-order valence-electron chi connectivity index (χ0n) is 12.8. The van der Waals surface area contributed by atoms with Crippen molar-refractivity contribution in [3.05, 3.63) is 35.1 Å². The Bertz CT molecular complexity index is 517. The van der Waals surface area contributed by atoms with E-state index >= 15 is 0 Å². The van der Waals surface area contributed by atoms with Gasteiger partial charge in [-0.2, -0.15) is 0 Å². The molecule has 0 spiro atoms. The van der Waals surface area contributed by atoms with Crippen molar-refractivity contribution in [2.24, 2.45) is 11.3 Å². The van der Waals surface area contributed by atoms with Gasteiger partial charge < -0.3 is 5.11 Å². The molecule has 118 valence electrons. The Balaban J connectivity index is 2.22. The second-order valence-corrected chi connectivity index (χ2v) is 6.87. The first-order valence-electron chi connectivity index (χ1n) is 7.57. The minimum atomic E-state index is -1.50. The van der Waals surface area contributed by atoms with Crippen LogP contribution in [-0.4, -0.2) is 5.11 Å². The van der Waals surface area contributed by atoms with E-state index in [0.29, 0.717) is 18.8 Å². The molecular weight excluding hydrogens is 277 g/mol. The first-order chi connectivity index (χ1) is 9.71. The number of hydrogen-bond donors (Lipinski definition) is 1. The fourth-order valence-corrected chi connectivity index (χ4v) is 3.32. The number of benzene rings is 1. The molecule has 1 nitrogen and oxygen atoms in total. The lowest BCUT2D eigenvalue weighted by molar-refractivity contribution is -0.0357. The van der Waals surface area contributed by atoms with Crippen LogP contribution < -0.4 is 0 Å². The summed E-state index contributed by atoms with van der Waals surface area (Å²) in [7, 11) is 0. The van der Waals surface area contributed by atoms with E-state index in [9.17, 15) is 18.3 Å². The average molecular weight is 300 g/mol. The van der Waals surface area contributed by atoms with Gasteiger partial charge in [0, 0.05) is 5.56 Å². The highest BCUT2D eigenvalue weighted by Gasteiger charge is 2.41. The van der Waals surface area contributed by atoms with Crippen LogP contribution in [0.5, 0.6) is 0 Å². The van der Waals surface area contributed by atoms with Crippen molar-refractivity contribution < 1.29 is 18.3 Å². The third kappa shape index (κ3) is 2.96. The molecule has 0 aliphatic heterocycles. The molecule has 4 heteroatoms. The van der Waals surface area contributed by atoms with Crippen molar-refractivity contribution in [2.45, 2.75) is 58.5 Å². The molecule has 1 aliphatic carbocycles. The van der Waals surface area contributed by atoms with Crippen molar-refractivity contribution in [3.8, 4) is 0 Å². The summed E-state index contributed by atoms with van der Waals surface area (Å²) in [6.45, 7) is 6.52. The van der Waals surface area contributed by atoms with Gasteiger partial charge in [-0.15, -0.1) is 0 Å². The second-order valence-electron chi connectivity index (χ2n) is 6.87. The first kappa shape index (κ1) is 16.3. The Kier molecular flexibility index (Phi) is 4.39. The van der Waals surface area contributed by atoms with E-state index in [1.807, 2.05) is 0 Å². The van der Waals surface area contributed by atoms with E-state index in [4.69, 9.17) is 0 Å². The molecule has 0 saturated heterocycles. The van der Waals surface area contributed by atoms with Crippen LogP contribution in [0.15, 0.2) is 12.1 Å². The lowest BCUT2D eigenvalue weighted by atomic mass is 9.65. The summed E-state index contributed by atoms with van der Waals surface area (Å²) < 4.78 is 40.3. The Morgan fingerprint density at radius 3 is 2.24 bits per heavy atom. The summed E-state index contributed by atoms with van der Waals surface area (Å²) in [6.07, 6.45) is 3.31. The second kappa shape index (κ2) is 5.64. The van der Waals surface area contributed by atoms with E-state index in [-0.39, 0.29) is 11.0 Å². The predicted octanol–water partition coefficient (Wildman–Crippen LogP) is 4.92. The minimum absolute atomic E-state index is 0.117. The van der Waals surface area contributed by atoms with Gasteiger partial charge in [0.15, 0.2) is 17.5 Å². The van der Waals surface area contributed by atoms with Crippen LogP contribution in [0.25, 0.3) is 0 Å². The van der Waals surface area contributed by atoms with Gasteiger partial charge in [-0.1, -0.05) is 33.3 Å². The van der Waals surface area contributed by atoms with Crippen LogP contribution in [0.1, 0.15) is 58.4 Å². The summed E-state index contributed by atoms with van der Waals surface area (Å²) in [5.74, 6) is -3.53. The molecule has 21 heavy (non-hydrogen) atoms. The summed E-state index contributed by atoms with van der Waals surface area (Å²) in [6, 6.07) is 2.05. The average Bonchev–Trinajstić information content (AvgIpc) is 2.45. The van der Waals surface area contributed by atoms with Gasteiger partial charge in [-0.3, -0.25) is 0 Å². The maximum atomic E-state index is 13.9. The van der Waals surface area contributed by atoms with Crippen molar-refractivity contribution in [3.63, 3.8) is 0 Å². The highest BCUT2D eigenvalue weighted by Crippen LogP contribution is 2.47. The van der Waals surface area contributed by atoms with Gasteiger partial charge in [0.25, 0.3) is 0 Å². The quantitative estimate of drug-likeness (QED) is 0.786. The minimum Gasteiger partial charge on any atom is -0.385 e.